The van der Waals surface area contributed by atoms with Crippen LogP contribution in [0.2, 0.25) is 0 Å². The molecule has 0 aromatic heterocycles. The summed E-state index contributed by atoms with van der Waals surface area (Å²) in [6.45, 7) is 6.87. The molecule has 0 heterocycles. The van der Waals surface area contributed by atoms with Gasteiger partial charge in [0, 0.05) is 5.57 Å². The highest BCUT2D eigenvalue weighted by Crippen LogP contribution is 2.02. The fourth-order valence-corrected chi connectivity index (χ4v) is 0.541. The summed E-state index contributed by atoms with van der Waals surface area (Å²) in [7, 11) is 0. The number of hydrogen-bond acceptors (Lipinski definition) is 2. The highest BCUT2D eigenvalue weighted by molar-refractivity contribution is 9.06. The molecule has 0 aromatic rings. The van der Waals surface area contributed by atoms with Gasteiger partial charge in [0.05, 0.1) is 0 Å². The van der Waals surface area contributed by atoms with E-state index in [-0.39, 0.29) is 0 Å². The van der Waals surface area contributed by atoms with Gasteiger partial charge in [0.2, 0.25) is 0 Å². The van der Waals surface area contributed by atoms with Crippen LogP contribution in [0.15, 0.2) is 24.8 Å². The lowest BCUT2D eigenvalue weighted by Gasteiger charge is -1.94. The van der Waals surface area contributed by atoms with Crippen LogP contribution in [-0.4, -0.2) is 5.97 Å². The first-order valence-electron chi connectivity index (χ1n) is 2.34. The molecular weight excluding hydrogens is 184 g/mol. The van der Waals surface area contributed by atoms with Crippen molar-refractivity contribution in [2.75, 3.05) is 0 Å². The molecule has 50 valence electrons. The Kier molecular flexibility index (Phi) is 4.05. The van der Waals surface area contributed by atoms with E-state index in [0.29, 0.717) is 12.0 Å². The zero-order valence-electron chi connectivity index (χ0n) is 4.89. The Bertz CT molecular complexity index is 140. The molecule has 0 unspecified atom stereocenters. The summed E-state index contributed by atoms with van der Waals surface area (Å²) in [6, 6.07) is 0. The van der Waals surface area contributed by atoms with Crippen molar-refractivity contribution in [2.24, 2.45) is 0 Å². The first-order chi connectivity index (χ1) is 4.22. The zero-order valence-corrected chi connectivity index (χ0v) is 6.48. The molecule has 0 bridgehead atoms. The second-order valence-electron chi connectivity index (χ2n) is 1.46. The molecule has 0 amide bonds. The summed E-state index contributed by atoms with van der Waals surface area (Å²) in [5, 5.41) is 0. The van der Waals surface area contributed by atoms with Crippen LogP contribution in [0.3, 0.4) is 0 Å². The minimum Gasteiger partial charge on any atom is -0.380 e. The van der Waals surface area contributed by atoms with Crippen LogP contribution in [0.5, 0.6) is 0 Å². The average Bonchev–Trinajstić information content (AvgIpc) is 1.87. The Morgan fingerprint density at radius 1 is 1.78 bits per heavy atom. The van der Waals surface area contributed by atoms with E-state index in [1.165, 1.54) is 0 Å². The van der Waals surface area contributed by atoms with Gasteiger partial charge in [-0.15, -0.1) is 6.58 Å². The summed E-state index contributed by atoms with van der Waals surface area (Å²) in [5.41, 5.74) is 0.391. The van der Waals surface area contributed by atoms with Crippen LogP contribution >= 0.6 is 16.3 Å². The fraction of sp³-hybridized carbons (Fsp3) is 0.167. The molecule has 0 atom stereocenters. The number of halogens is 1. The zero-order chi connectivity index (χ0) is 7.28. The van der Waals surface area contributed by atoms with Gasteiger partial charge in [-0.1, -0.05) is 12.7 Å². The number of carbonyl (C=O) groups is 1. The number of carbonyl (C=O) groups excluding carboxylic acids is 1. The standard InChI is InChI=1S/C6H7BrO2/c1-3-4-5(2)6(8)9-7/h3H,1-2,4H2. The smallest absolute Gasteiger partial charge is 0.345 e. The first kappa shape index (κ1) is 8.43. The Morgan fingerprint density at radius 3 is 2.67 bits per heavy atom. The Morgan fingerprint density at radius 2 is 2.33 bits per heavy atom. The monoisotopic (exact) mass is 190 g/mol. The lowest BCUT2D eigenvalue weighted by Crippen LogP contribution is -1.98. The molecule has 9 heavy (non-hydrogen) atoms. The average molecular weight is 191 g/mol. The fourth-order valence-electron chi connectivity index (χ4n) is 0.312. The highest BCUT2D eigenvalue weighted by Gasteiger charge is 2.03. The van der Waals surface area contributed by atoms with Crippen LogP contribution in [0.25, 0.3) is 0 Å². The van der Waals surface area contributed by atoms with E-state index in [4.69, 9.17) is 0 Å². The maximum Gasteiger partial charge on any atom is 0.345 e. The molecule has 2 nitrogen and oxygen atoms in total. The van der Waals surface area contributed by atoms with Crippen molar-refractivity contribution in [3.8, 4) is 0 Å². The number of rotatable bonds is 3. The lowest BCUT2D eigenvalue weighted by molar-refractivity contribution is -0.128. The first-order valence-corrected chi connectivity index (χ1v) is 2.98. The van der Waals surface area contributed by atoms with Gasteiger partial charge in [0.15, 0.2) is 16.3 Å². The maximum atomic E-state index is 10.5. The van der Waals surface area contributed by atoms with Crippen molar-refractivity contribution in [3.63, 3.8) is 0 Å². The third-order valence-electron chi connectivity index (χ3n) is 0.749. The molecule has 0 rings (SSSR count). The van der Waals surface area contributed by atoms with Gasteiger partial charge in [-0.2, -0.15) is 0 Å². The molecule has 0 saturated heterocycles. The molecule has 3 heteroatoms. The van der Waals surface area contributed by atoms with Gasteiger partial charge in [-0.3, -0.25) is 0 Å². The third-order valence-corrected chi connectivity index (χ3v) is 1.04. The molecule has 0 spiro atoms. The quantitative estimate of drug-likeness (QED) is 0.503. The van der Waals surface area contributed by atoms with E-state index >= 15 is 0 Å². The topological polar surface area (TPSA) is 26.3 Å². The maximum absolute atomic E-state index is 10.5. The minimum atomic E-state index is -0.449. The molecule has 0 aromatic carbocycles. The highest BCUT2D eigenvalue weighted by atomic mass is 79.9. The molecule has 0 fully saturated rings. The molecule has 0 radical (unpaired) electrons. The molecular formula is C6H7BrO2. The van der Waals surface area contributed by atoms with E-state index in [1.807, 2.05) is 0 Å². The van der Waals surface area contributed by atoms with Gasteiger partial charge < -0.3 is 3.83 Å². The van der Waals surface area contributed by atoms with Gasteiger partial charge in [0.1, 0.15) is 0 Å². The van der Waals surface area contributed by atoms with E-state index in [9.17, 15) is 4.79 Å². The van der Waals surface area contributed by atoms with E-state index in [1.54, 1.807) is 6.08 Å². The minimum absolute atomic E-state index is 0.391. The van der Waals surface area contributed by atoms with Gasteiger partial charge in [0.25, 0.3) is 0 Å². The molecule has 0 aliphatic carbocycles. The van der Waals surface area contributed by atoms with Crippen LogP contribution in [0, 0.1) is 0 Å². The van der Waals surface area contributed by atoms with Crippen molar-refractivity contribution in [3.05, 3.63) is 24.8 Å². The summed E-state index contributed by atoms with van der Waals surface area (Å²) >= 11 is 2.54. The molecule has 0 saturated carbocycles. The molecule has 0 aliphatic rings. The number of allylic oxidation sites excluding steroid dienone is 1. The Labute approximate surface area is 62.7 Å². The predicted molar refractivity (Wildman–Crippen MR) is 39.0 cm³/mol. The van der Waals surface area contributed by atoms with Gasteiger partial charge in [-0.05, 0) is 6.42 Å². The van der Waals surface area contributed by atoms with Crippen molar-refractivity contribution in [1.29, 1.82) is 0 Å². The third kappa shape index (κ3) is 3.08. The molecule has 0 aliphatic heterocycles. The Balaban J connectivity index is 3.73. The predicted octanol–water partition coefficient (Wildman–Crippen LogP) is 1.97. The van der Waals surface area contributed by atoms with Crippen LogP contribution in [-0.2, 0) is 8.62 Å². The second kappa shape index (κ2) is 4.32. The van der Waals surface area contributed by atoms with Gasteiger partial charge >= 0.3 is 5.97 Å². The lowest BCUT2D eigenvalue weighted by atomic mass is 10.2. The normalized spacial score (nSPS) is 8.11. The SMILES string of the molecule is C=CCC(=C)C(=O)OBr. The summed E-state index contributed by atoms with van der Waals surface area (Å²) in [6.07, 6.45) is 2.05. The van der Waals surface area contributed by atoms with Crippen LogP contribution in [0.1, 0.15) is 6.42 Å². The van der Waals surface area contributed by atoms with Gasteiger partial charge in [-0.25, -0.2) is 4.79 Å². The van der Waals surface area contributed by atoms with E-state index in [0.717, 1.165) is 0 Å². The van der Waals surface area contributed by atoms with Crippen molar-refractivity contribution in [2.45, 2.75) is 6.42 Å². The van der Waals surface area contributed by atoms with E-state index < -0.39 is 5.97 Å². The summed E-state index contributed by atoms with van der Waals surface area (Å²) in [5.74, 6) is -0.449. The summed E-state index contributed by atoms with van der Waals surface area (Å²) < 4.78 is 4.19. The van der Waals surface area contributed by atoms with Crippen LogP contribution < -0.4 is 0 Å². The van der Waals surface area contributed by atoms with Crippen molar-refractivity contribution >= 4 is 22.2 Å². The second-order valence-corrected chi connectivity index (χ2v) is 1.78. The van der Waals surface area contributed by atoms with Crippen molar-refractivity contribution in [1.82, 2.24) is 0 Å². The van der Waals surface area contributed by atoms with Crippen LogP contribution in [0.4, 0.5) is 0 Å². The summed E-state index contributed by atoms with van der Waals surface area (Å²) in [4.78, 5) is 10.5. The largest absolute Gasteiger partial charge is 0.380 e. The Hall–Kier alpha value is -0.570. The number of hydrogen-bond donors (Lipinski definition) is 0. The molecule has 0 N–H and O–H groups in total. The van der Waals surface area contributed by atoms with E-state index in [2.05, 4.69) is 33.2 Å². The van der Waals surface area contributed by atoms with Crippen molar-refractivity contribution < 1.29 is 8.62 Å².